The Balaban J connectivity index is 2.41. The van der Waals surface area contributed by atoms with Crippen LogP contribution in [0.25, 0.3) is 0 Å². The summed E-state index contributed by atoms with van der Waals surface area (Å²) in [5.41, 5.74) is 3.56. The molecule has 2 rings (SSSR count). The third kappa shape index (κ3) is 2.18. The molecule has 1 N–H and O–H groups in total. The lowest BCUT2D eigenvalue weighted by Gasteiger charge is -2.27. The Labute approximate surface area is 94.5 Å². The zero-order chi connectivity index (χ0) is 10.8. The van der Waals surface area contributed by atoms with E-state index in [0.717, 1.165) is 29.2 Å². The summed E-state index contributed by atoms with van der Waals surface area (Å²) < 4.78 is 13.3. The molecule has 0 bridgehead atoms. The van der Waals surface area contributed by atoms with Crippen LogP contribution in [0.2, 0.25) is 0 Å². The molecule has 1 aromatic rings. The Bertz CT molecular complexity index is 365. The van der Waals surface area contributed by atoms with Gasteiger partial charge in [0.2, 0.25) is 0 Å². The van der Waals surface area contributed by atoms with E-state index < -0.39 is 0 Å². The van der Waals surface area contributed by atoms with Crippen molar-refractivity contribution in [2.75, 3.05) is 12.3 Å². The normalized spacial score (nSPS) is 20.1. The topological polar surface area (TPSA) is 12.0 Å². The second-order valence-corrected chi connectivity index (χ2v) is 4.95. The minimum atomic E-state index is -0.110. The lowest BCUT2D eigenvalue weighted by molar-refractivity contribution is 0.580. The molecule has 0 saturated heterocycles. The molecule has 1 aliphatic rings. The molecule has 1 aromatic carbocycles. The van der Waals surface area contributed by atoms with Gasteiger partial charge in [0.15, 0.2) is 0 Å². The van der Waals surface area contributed by atoms with Crippen molar-refractivity contribution in [3.63, 3.8) is 0 Å². The highest BCUT2D eigenvalue weighted by Gasteiger charge is 2.21. The summed E-state index contributed by atoms with van der Waals surface area (Å²) >= 11 is 1.92. The van der Waals surface area contributed by atoms with Crippen LogP contribution < -0.4 is 5.32 Å². The molecule has 0 aromatic heterocycles. The van der Waals surface area contributed by atoms with E-state index in [0.29, 0.717) is 6.04 Å². The molecule has 0 fully saturated rings. The lowest BCUT2D eigenvalue weighted by Crippen LogP contribution is -2.26. The first kappa shape index (κ1) is 11.0. The Morgan fingerprint density at radius 2 is 2.33 bits per heavy atom. The van der Waals surface area contributed by atoms with Gasteiger partial charge in [0.05, 0.1) is 0 Å². The standard InChI is InChI=1S/C12H16FNS/c1-3-14-12-7-15-6-11-8(2)4-9(13)5-10(11)12/h4-5,12,14H,3,6-7H2,1-2H3. The van der Waals surface area contributed by atoms with E-state index in [2.05, 4.69) is 12.2 Å². The van der Waals surface area contributed by atoms with E-state index in [1.165, 1.54) is 5.56 Å². The number of aryl methyl sites for hydroxylation is 1. The van der Waals surface area contributed by atoms with Gasteiger partial charge in [-0.25, -0.2) is 4.39 Å². The van der Waals surface area contributed by atoms with Gasteiger partial charge in [-0.3, -0.25) is 0 Å². The van der Waals surface area contributed by atoms with Crippen LogP contribution in [0.15, 0.2) is 12.1 Å². The largest absolute Gasteiger partial charge is 0.309 e. The molecule has 15 heavy (non-hydrogen) atoms. The van der Waals surface area contributed by atoms with Crippen LogP contribution in [0, 0.1) is 12.7 Å². The first-order valence-electron chi connectivity index (χ1n) is 5.32. The van der Waals surface area contributed by atoms with Crippen molar-refractivity contribution < 1.29 is 4.39 Å². The molecular formula is C12H16FNS. The Morgan fingerprint density at radius 3 is 3.07 bits per heavy atom. The molecule has 0 spiro atoms. The molecule has 3 heteroatoms. The maximum atomic E-state index is 13.3. The molecular weight excluding hydrogens is 209 g/mol. The second-order valence-electron chi connectivity index (χ2n) is 3.92. The fourth-order valence-electron chi connectivity index (χ4n) is 2.09. The first-order chi connectivity index (χ1) is 7.22. The fraction of sp³-hybridized carbons (Fsp3) is 0.500. The van der Waals surface area contributed by atoms with Crippen molar-refractivity contribution in [1.82, 2.24) is 5.32 Å². The summed E-state index contributed by atoms with van der Waals surface area (Å²) in [5, 5.41) is 3.41. The van der Waals surface area contributed by atoms with Crippen LogP contribution >= 0.6 is 11.8 Å². The number of fused-ring (bicyclic) bond motifs is 1. The summed E-state index contributed by atoms with van der Waals surface area (Å²) in [6.45, 7) is 5.02. The van der Waals surface area contributed by atoms with Crippen molar-refractivity contribution >= 4 is 11.8 Å². The molecule has 82 valence electrons. The molecule has 0 saturated carbocycles. The molecule has 1 aliphatic heterocycles. The molecule has 1 heterocycles. The van der Waals surface area contributed by atoms with Gasteiger partial charge >= 0.3 is 0 Å². The molecule has 0 aliphatic carbocycles. The number of benzene rings is 1. The van der Waals surface area contributed by atoms with Crippen molar-refractivity contribution in [1.29, 1.82) is 0 Å². The number of nitrogens with one attached hydrogen (secondary N) is 1. The SMILES string of the molecule is CCNC1CSCc2c(C)cc(F)cc21. The molecule has 0 radical (unpaired) electrons. The number of rotatable bonds is 2. The molecule has 1 nitrogen and oxygen atoms in total. The maximum absolute atomic E-state index is 13.3. The third-order valence-electron chi connectivity index (χ3n) is 2.83. The van der Waals surface area contributed by atoms with Gasteiger partial charge in [0.1, 0.15) is 5.82 Å². The van der Waals surface area contributed by atoms with E-state index in [9.17, 15) is 4.39 Å². The van der Waals surface area contributed by atoms with Crippen LogP contribution in [-0.2, 0) is 5.75 Å². The molecule has 0 amide bonds. The zero-order valence-corrected chi connectivity index (χ0v) is 9.96. The van der Waals surface area contributed by atoms with Gasteiger partial charge in [-0.1, -0.05) is 6.92 Å². The van der Waals surface area contributed by atoms with E-state index in [1.807, 2.05) is 18.7 Å². The number of hydrogen-bond donors (Lipinski definition) is 1. The number of hydrogen-bond acceptors (Lipinski definition) is 2. The van der Waals surface area contributed by atoms with Crippen molar-refractivity contribution in [2.24, 2.45) is 0 Å². The average molecular weight is 225 g/mol. The van der Waals surface area contributed by atoms with Crippen LogP contribution in [0.5, 0.6) is 0 Å². The first-order valence-corrected chi connectivity index (χ1v) is 6.48. The Kier molecular flexibility index (Phi) is 3.32. The smallest absolute Gasteiger partial charge is 0.123 e. The lowest BCUT2D eigenvalue weighted by atomic mass is 9.97. The summed E-state index contributed by atoms with van der Waals surface area (Å²) in [6, 6.07) is 3.64. The van der Waals surface area contributed by atoms with Crippen LogP contribution in [0.4, 0.5) is 4.39 Å². The highest BCUT2D eigenvalue weighted by molar-refractivity contribution is 7.98. The van der Waals surface area contributed by atoms with Crippen molar-refractivity contribution in [3.8, 4) is 0 Å². The van der Waals surface area contributed by atoms with Gasteiger partial charge in [0, 0.05) is 17.5 Å². The van der Waals surface area contributed by atoms with E-state index in [4.69, 9.17) is 0 Å². The van der Waals surface area contributed by atoms with Crippen LogP contribution in [0.3, 0.4) is 0 Å². The van der Waals surface area contributed by atoms with Gasteiger partial charge in [-0.05, 0) is 42.3 Å². The summed E-state index contributed by atoms with van der Waals surface area (Å²) in [5.74, 6) is 1.95. The third-order valence-corrected chi connectivity index (χ3v) is 3.89. The highest BCUT2D eigenvalue weighted by atomic mass is 32.2. The summed E-state index contributed by atoms with van der Waals surface area (Å²) in [4.78, 5) is 0. The molecule has 1 unspecified atom stereocenters. The highest BCUT2D eigenvalue weighted by Crippen LogP contribution is 2.34. The van der Waals surface area contributed by atoms with Crippen molar-refractivity contribution in [3.05, 3.63) is 34.6 Å². The van der Waals surface area contributed by atoms with Crippen molar-refractivity contribution in [2.45, 2.75) is 25.6 Å². The average Bonchev–Trinajstić information content (AvgIpc) is 2.19. The minimum absolute atomic E-state index is 0.110. The van der Waals surface area contributed by atoms with Gasteiger partial charge < -0.3 is 5.32 Å². The van der Waals surface area contributed by atoms with Crippen LogP contribution in [-0.4, -0.2) is 12.3 Å². The van der Waals surface area contributed by atoms with E-state index >= 15 is 0 Å². The van der Waals surface area contributed by atoms with E-state index in [-0.39, 0.29) is 5.82 Å². The predicted octanol–water partition coefficient (Wildman–Crippen LogP) is 3.03. The van der Waals surface area contributed by atoms with Gasteiger partial charge in [-0.15, -0.1) is 0 Å². The summed E-state index contributed by atoms with van der Waals surface area (Å²) in [6.07, 6.45) is 0. The number of thioether (sulfide) groups is 1. The molecule has 1 atom stereocenters. The van der Waals surface area contributed by atoms with Gasteiger partial charge in [-0.2, -0.15) is 11.8 Å². The van der Waals surface area contributed by atoms with E-state index in [1.54, 1.807) is 12.1 Å². The second kappa shape index (κ2) is 4.54. The number of halogens is 1. The maximum Gasteiger partial charge on any atom is 0.123 e. The van der Waals surface area contributed by atoms with Crippen LogP contribution in [0.1, 0.15) is 29.7 Å². The monoisotopic (exact) mass is 225 g/mol. The quantitative estimate of drug-likeness (QED) is 0.830. The van der Waals surface area contributed by atoms with Gasteiger partial charge in [0.25, 0.3) is 0 Å². The fourth-order valence-corrected chi connectivity index (χ4v) is 3.34. The Hall–Kier alpha value is -0.540. The summed E-state index contributed by atoms with van der Waals surface area (Å²) in [7, 11) is 0. The zero-order valence-electron chi connectivity index (χ0n) is 9.14. The minimum Gasteiger partial charge on any atom is -0.309 e. The predicted molar refractivity (Wildman–Crippen MR) is 63.7 cm³/mol. The Morgan fingerprint density at radius 1 is 1.53 bits per heavy atom.